The summed E-state index contributed by atoms with van der Waals surface area (Å²) in [6, 6.07) is 13.5. The van der Waals surface area contributed by atoms with Gasteiger partial charge in [-0.1, -0.05) is 24.3 Å². The highest BCUT2D eigenvalue weighted by molar-refractivity contribution is 5.79. The van der Waals surface area contributed by atoms with Gasteiger partial charge in [0, 0.05) is 86.7 Å². The van der Waals surface area contributed by atoms with Gasteiger partial charge in [0.05, 0.1) is 53.8 Å². The van der Waals surface area contributed by atoms with E-state index in [1.807, 2.05) is 30.6 Å². The van der Waals surface area contributed by atoms with Crippen LogP contribution < -0.4 is 15.1 Å². The summed E-state index contributed by atoms with van der Waals surface area (Å²) in [5.74, 6) is 0.754. The van der Waals surface area contributed by atoms with Crippen LogP contribution in [-0.2, 0) is 17.8 Å². The number of piperazine rings is 2. The molecule has 2 N–H and O–H groups in total. The Bertz CT molecular complexity index is 2600. The molecule has 0 saturated carbocycles. The maximum Gasteiger partial charge on any atom is 0.408 e. The highest BCUT2D eigenvalue weighted by Crippen LogP contribution is 2.30. The Morgan fingerprint density at radius 1 is 0.703 bits per heavy atom. The first-order chi connectivity index (χ1) is 30.3. The van der Waals surface area contributed by atoms with E-state index in [4.69, 9.17) is 14.7 Å². The largest absolute Gasteiger partial charge is 0.465 e. The van der Waals surface area contributed by atoms with Crippen LogP contribution in [0.3, 0.4) is 0 Å². The summed E-state index contributed by atoms with van der Waals surface area (Å²) < 4.78 is 38.7. The van der Waals surface area contributed by atoms with Gasteiger partial charge in [-0.05, 0) is 79.9 Å². The molecule has 340 valence electrons. The molecule has 0 spiro atoms. The molecule has 16 nitrogen and oxygen atoms in total. The van der Waals surface area contributed by atoms with E-state index in [1.165, 1.54) is 17.0 Å². The number of carbonyl (C=O) groups is 2. The molecule has 2 fully saturated rings. The Labute approximate surface area is 372 Å². The van der Waals surface area contributed by atoms with Crippen molar-refractivity contribution in [1.29, 1.82) is 0 Å². The quantitative estimate of drug-likeness (QED) is 0.164. The molecule has 4 aromatic heterocycles. The summed E-state index contributed by atoms with van der Waals surface area (Å²) in [7, 11) is 4.21. The summed E-state index contributed by atoms with van der Waals surface area (Å²) in [6.07, 6.45) is 5.58. The highest BCUT2D eigenvalue weighted by atomic mass is 19.1. The third-order valence-electron chi connectivity index (χ3n) is 11.3. The zero-order valence-electron chi connectivity index (χ0n) is 37.8. The minimum atomic E-state index is -1.08. The number of fused-ring (bicyclic) bond motifs is 2. The number of alkyl carbamates (subject to hydrolysis) is 1. The molecule has 2 aliphatic rings. The standard InChI is InChI=1S/2C23H29FN6O2/c1-23(2,3)32-22(31)25-14-17-6-5-16(13-18(17)24)21-19-7-8-26-30(19)15-20(27-21)29-11-9-28(4)10-12-29;1-23(2,3)29(22(31)32)14-17-6-5-16(13-18(17)24)21-19-7-8-25-30(19)15-20(26-21)28-11-9-27(4)10-12-28/h5-8,13,15H,9-12,14H2,1-4H3,(H,25,31);5-8,13,15H,9-12,14H2,1-4H3,(H,31,32). The van der Waals surface area contributed by atoms with Crippen molar-refractivity contribution < 1.29 is 28.2 Å². The van der Waals surface area contributed by atoms with Gasteiger partial charge in [-0.3, -0.25) is 4.90 Å². The smallest absolute Gasteiger partial charge is 0.408 e. The molecular formula is C46H58F2N12O4. The fraction of sp³-hybridized carbons (Fsp3) is 0.435. The van der Waals surface area contributed by atoms with E-state index in [1.54, 1.807) is 81.2 Å². The minimum Gasteiger partial charge on any atom is -0.465 e. The van der Waals surface area contributed by atoms with Gasteiger partial charge in [-0.2, -0.15) is 10.2 Å². The van der Waals surface area contributed by atoms with Crippen LogP contribution in [0.2, 0.25) is 0 Å². The van der Waals surface area contributed by atoms with Crippen LogP contribution in [0.15, 0.2) is 73.3 Å². The van der Waals surface area contributed by atoms with Gasteiger partial charge in [0.15, 0.2) is 0 Å². The number of carboxylic acid groups (broad SMARTS) is 1. The molecule has 6 aromatic rings. The fourth-order valence-electron chi connectivity index (χ4n) is 7.53. The van der Waals surface area contributed by atoms with Gasteiger partial charge < -0.3 is 34.8 Å². The number of nitrogens with zero attached hydrogens (tertiary/aromatic N) is 11. The lowest BCUT2D eigenvalue weighted by Gasteiger charge is -2.33. The fourth-order valence-corrected chi connectivity index (χ4v) is 7.53. The first-order valence-corrected chi connectivity index (χ1v) is 21.4. The number of nitrogens with one attached hydrogen (secondary N) is 1. The number of anilines is 2. The van der Waals surface area contributed by atoms with E-state index in [9.17, 15) is 19.1 Å². The lowest BCUT2D eigenvalue weighted by atomic mass is 10.0. The van der Waals surface area contributed by atoms with E-state index in [0.29, 0.717) is 33.6 Å². The average Bonchev–Trinajstić information content (AvgIpc) is 3.92. The number of rotatable bonds is 8. The number of ether oxygens (including phenoxy) is 1. The number of halogens is 2. The molecule has 64 heavy (non-hydrogen) atoms. The van der Waals surface area contributed by atoms with Gasteiger partial charge in [-0.25, -0.2) is 37.4 Å². The second kappa shape index (κ2) is 18.8. The van der Waals surface area contributed by atoms with Crippen molar-refractivity contribution in [2.45, 2.75) is 65.8 Å². The maximum atomic E-state index is 15.1. The normalized spacial score (nSPS) is 15.3. The van der Waals surface area contributed by atoms with E-state index in [0.717, 1.165) is 75.0 Å². The molecule has 0 radical (unpaired) electrons. The van der Waals surface area contributed by atoms with Crippen molar-refractivity contribution >= 4 is 34.9 Å². The third-order valence-corrected chi connectivity index (χ3v) is 11.3. The molecule has 0 aliphatic carbocycles. The summed E-state index contributed by atoms with van der Waals surface area (Å²) in [6.45, 7) is 18.0. The van der Waals surface area contributed by atoms with Crippen molar-refractivity contribution in [2.75, 3.05) is 76.3 Å². The van der Waals surface area contributed by atoms with E-state index in [-0.39, 0.29) is 13.1 Å². The highest BCUT2D eigenvalue weighted by Gasteiger charge is 2.28. The van der Waals surface area contributed by atoms with E-state index < -0.39 is 35.0 Å². The number of hydrogen-bond donors (Lipinski definition) is 2. The second-order valence-corrected chi connectivity index (χ2v) is 18.3. The van der Waals surface area contributed by atoms with Crippen molar-refractivity contribution in [3.8, 4) is 22.5 Å². The van der Waals surface area contributed by atoms with E-state index in [2.05, 4.69) is 49.2 Å². The van der Waals surface area contributed by atoms with Gasteiger partial charge >= 0.3 is 12.2 Å². The van der Waals surface area contributed by atoms with Crippen LogP contribution >= 0.6 is 0 Å². The van der Waals surface area contributed by atoms with Gasteiger partial charge in [0.2, 0.25) is 0 Å². The molecule has 2 aromatic carbocycles. The molecule has 0 bridgehead atoms. The molecule has 18 heteroatoms. The first-order valence-electron chi connectivity index (χ1n) is 21.4. The summed E-state index contributed by atoms with van der Waals surface area (Å²) in [5, 5.41) is 20.9. The predicted octanol–water partition coefficient (Wildman–Crippen LogP) is 6.88. The number of likely N-dealkylation sites (N-methyl/N-ethyl adjacent to an activating group) is 2. The Morgan fingerprint density at radius 2 is 1.16 bits per heavy atom. The number of carbonyl (C=O) groups excluding carboxylic acids is 1. The molecule has 2 amide bonds. The van der Waals surface area contributed by atoms with Gasteiger partial charge in [-0.15, -0.1) is 0 Å². The first kappa shape index (κ1) is 45.6. The topological polar surface area (TPSA) is 152 Å². The molecule has 0 unspecified atom stereocenters. The Morgan fingerprint density at radius 3 is 1.56 bits per heavy atom. The van der Waals surface area contributed by atoms with Crippen LogP contribution in [0.1, 0.15) is 52.7 Å². The van der Waals surface area contributed by atoms with Crippen molar-refractivity contribution in [2.24, 2.45) is 0 Å². The van der Waals surface area contributed by atoms with Crippen molar-refractivity contribution in [3.63, 3.8) is 0 Å². The number of aromatic nitrogens is 6. The Hall–Kier alpha value is -6.40. The zero-order chi connectivity index (χ0) is 45.9. The molecule has 2 aliphatic heterocycles. The van der Waals surface area contributed by atoms with Crippen molar-refractivity contribution in [3.05, 3.63) is 96.1 Å². The number of hydrogen-bond acceptors (Lipinski definition) is 11. The summed E-state index contributed by atoms with van der Waals surface area (Å²) in [4.78, 5) is 43.5. The molecule has 0 atom stereocenters. The Balaban J connectivity index is 0.000000191. The molecular weight excluding hydrogens is 823 g/mol. The van der Waals surface area contributed by atoms with Crippen LogP contribution in [0.25, 0.3) is 33.5 Å². The average molecular weight is 881 g/mol. The monoisotopic (exact) mass is 880 g/mol. The van der Waals surface area contributed by atoms with Crippen molar-refractivity contribution in [1.82, 2.24) is 49.2 Å². The maximum absolute atomic E-state index is 15.1. The molecule has 2 saturated heterocycles. The third kappa shape index (κ3) is 10.8. The summed E-state index contributed by atoms with van der Waals surface area (Å²) in [5.41, 5.74) is 3.65. The second-order valence-electron chi connectivity index (χ2n) is 18.3. The lowest BCUT2D eigenvalue weighted by Crippen LogP contribution is -2.45. The van der Waals surface area contributed by atoms with Crippen LogP contribution in [0.4, 0.5) is 30.0 Å². The SMILES string of the molecule is CN1CCN(c2cn3nccc3c(-c3ccc(CN(C(=O)O)C(C)(C)C)c(F)c3)n2)CC1.CN1CCN(c2cn3nccc3c(-c3ccc(CNC(=O)OC(C)(C)C)c(F)c3)n2)CC1. The molecule has 8 rings (SSSR count). The van der Waals surface area contributed by atoms with Gasteiger partial charge in [0.1, 0.15) is 28.9 Å². The van der Waals surface area contributed by atoms with E-state index >= 15 is 4.39 Å². The van der Waals surface area contributed by atoms with Crippen LogP contribution in [0, 0.1) is 11.6 Å². The Kier molecular flexibility index (Phi) is 13.4. The van der Waals surface area contributed by atoms with Crippen LogP contribution in [-0.4, -0.2) is 139 Å². The zero-order valence-corrected chi connectivity index (χ0v) is 37.8. The molecule has 6 heterocycles. The number of benzene rings is 2. The van der Waals surface area contributed by atoms with Gasteiger partial charge in [0.25, 0.3) is 0 Å². The summed E-state index contributed by atoms with van der Waals surface area (Å²) >= 11 is 0. The predicted molar refractivity (Wildman–Crippen MR) is 243 cm³/mol. The number of amides is 2. The lowest BCUT2D eigenvalue weighted by molar-refractivity contribution is 0.0523. The van der Waals surface area contributed by atoms with Crippen LogP contribution in [0.5, 0.6) is 0 Å². The minimum absolute atomic E-state index is 0.0260.